The minimum Gasteiger partial charge on any atom is -0.455 e. The van der Waals surface area contributed by atoms with Crippen LogP contribution in [0.1, 0.15) is 36.5 Å². The van der Waals surface area contributed by atoms with Crippen LogP contribution >= 0.6 is 0 Å². The number of aromatic nitrogens is 1. The molecule has 0 aliphatic carbocycles. The number of hydrogen-bond donors (Lipinski definition) is 0. The molecular weight excluding hydrogens is 325 g/mol. The summed E-state index contributed by atoms with van der Waals surface area (Å²) in [6.45, 7) is 8.25. The largest absolute Gasteiger partial charge is 0.455 e. The molecule has 2 aromatic carbocycles. The van der Waals surface area contributed by atoms with Crippen molar-refractivity contribution in [1.82, 2.24) is 0 Å². The summed E-state index contributed by atoms with van der Waals surface area (Å²) >= 11 is 0. The van der Waals surface area contributed by atoms with Crippen LogP contribution in [0.5, 0.6) is 0 Å². The predicted molar refractivity (Wildman–Crippen MR) is 104 cm³/mol. The van der Waals surface area contributed by atoms with Crippen molar-refractivity contribution >= 4 is 21.9 Å². The van der Waals surface area contributed by atoms with Crippen LogP contribution < -0.4 is 4.57 Å². The van der Waals surface area contributed by atoms with Crippen LogP contribution in [0.25, 0.3) is 33.2 Å². The Morgan fingerprint density at radius 3 is 2.38 bits per heavy atom. The van der Waals surface area contributed by atoms with Gasteiger partial charge in [0.2, 0.25) is 5.69 Å². The van der Waals surface area contributed by atoms with Gasteiger partial charge in [0.1, 0.15) is 24.0 Å². The zero-order valence-corrected chi connectivity index (χ0v) is 15.9. The van der Waals surface area contributed by atoms with E-state index in [1.54, 1.807) is 6.92 Å². The summed E-state index contributed by atoms with van der Waals surface area (Å²) < 4.78 is 22.4. The average Bonchev–Trinajstić information content (AvgIpc) is 2.98. The maximum atomic E-state index is 14.0. The van der Waals surface area contributed by atoms with E-state index in [-0.39, 0.29) is 5.82 Å². The van der Waals surface area contributed by atoms with Gasteiger partial charge in [-0.1, -0.05) is 26.0 Å². The molecule has 0 radical (unpaired) electrons. The molecule has 0 atom stereocenters. The molecule has 2 heterocycles. The Bertz CT molecular complexity index is 1150. The quantitative estimate of drug-likeness (QED) is 0.409. The highest BCUT2D eigenvalue weighted by Crippen LogP contribution is 2.38. The van der Waals surface area contributed by atoms with Gasteiger partial charge in [-0.05, 0) is 43.0 Å². The van der Waals surface area contributed by atoms with E-state index in [0.717, 1.165) is 33.2 Å². The number of hydrogen-bond acceptors (Lipinski definition) is 1. The first-order chi connectivity index (χ1) is 12.4. The lowest BCUT2D eigenvalue weighted by Crippen LogP contribution is -2.31. The molecule has 0 aliphatic heterocycles. The molecule has 0 saturated carbocycles. The summed E-state index contributed by atoms with van der Waals surface area (Å²) in [4.78, 5) is 0. The van der Waals surface area contributed by atoms with Gasteiger partial charge < -0.3 is 4.42 Å². The van der Waals surface area contributed by atoms with Gasteiger partial charge >= 0.3 is 0 Å². The highest BCUT2D eigenvalue weighted by molar-refractivity contribution is 6.10. The number of benzene rings is 2. The Balaban J connectivity index is 2.12. The average molecular weight is 348 g/mol. The van der Waals surface area contributed by atoms with Crippen LogP contribution in [0, 0.1) is 19.7 Å². The lowest BCUT2D eigenvalue weighted by molar-refractivity contribution is -0.660. The summed E-state index contributed by atoms with van der Waals surface area (Å²) in [5, 5.41) is 1.99. The standard InChI is InChI=1S/C23H23FNO/c1-13(2)16-10-11-25(5)20(12-16)21-14(3)6-7-18-17-8-9-19(24)15(4)22(17)26-23(18)21/h6-13H,1-5H3/q+1. The molecule has 0 spiro atoms. The first-order valence-corrected chi connectivity index (χ1v) is 8.99. The molecular formula is C23H23FNO+. The zero-order valence-electron chi connectivity index (χ0n) is 15.9. The molecule has 0 saturated heterocycles. The van der Waals surface area contributed by atoms with Gasteiger partial charge in [-0.2, -0.15) is 0 Å². The Kier molecular flexibility index (Phi) is 3.83. The second kappa shape index (κ2) is 5.94. The molecule has 0 bridgehead atoms. The van der Waals surface area contributed by atoms with Gasteiger partial charge in [-0.3, -0.25) is 0 Å². The smallest absolute Gasteiger partial charge is 0.216 e. The fourth-order valence-electron chi connectivity index (χ4n) is 3.62. The van der Waals surface area contributed by atoms with Crippen LogP contribution in [0.4, 0.5) is 4.39 Å². The zero-order chi connectivity index (χ0) is 18.6. The summed E-state index contributed by atoms with van der Waals surface area (Å²) in [5.74, 6) is 0.212. The molecule has 4 rings (SSSR count). The van der Waals surface area contributed by atoms with E-state index in [9.17, 15) is 4.39 Å². The van der Waals surface area contributed by atoms with Crippen molar-refractivity contribution in [2.45, 2.75) is 33.6 Å². The fourth-order valence-corrected chi connectivity index (χ4v) is 3.62. The summed E-state index contributed by atoms with van der Waals surface area (Å²) in [6, 6.07) is 11.9. The molecule has 26 heavy (non-hydrogen) atoms. The number of rotatable bonds is 2. The SMILES string of the molecule is Cc1ccc2c(oc3c(C)c(F)ccc32)c1-c1cc(C(C)C)cc[n+]1C. The van der Waals surface area contributed by atoms with E-state index in [2.05, 4.69) is 55.8 Å². The number of pyridine rings is 1. The number of furan rings is 1. The molecule has 132 valence electrons. The molecule has 3 heteroatoms. The highest BCUT2D eigenvalue weighted by Gasteiger charge is 2.22. The third kappa shape index (κ3) is 2.42. The Morgan fingerprint density at radius 2 is 1.65 bits per heavy atom. The molecule has 4 aromatic rings. The summed E-state index contributed by atoms with van der Waals surface area (Å²) in [6.07, 6.45) is 2.09. The van der Waals surface area contributed by atoms with Crippen molar-refractivity contribution in [3.05, 3.63) is 65.1 Å². The van der Waals surface area contributed by atoms with Crippen LogP contribution in [-0.2, 0) is 7.05 Å². The van der Waals surface area contributed by atoms with E-state index in [0.29, 0.717) is 17.1 Å². The maximum Gasteiger partial charge on any atom is 0.216 e. The minimum atomic E-state index is -0.234. The molecule has 0 unspecified atom stereocenters. The van der Waals surface area contributed by atoms with E-state index >= 15 is 0 Å². The number of nitrogens with zero attached hydrogens (tertiary/aromatic N) is 1. The van der Waals surface area contributed by atoms with E-state index in [1.807, 2.05) is 13.1 Å². The van der Waals surface area contributed by atoms with Gasteiger partial charge in [-0.25, -0.2) is 8.96 Å². The second-order valence-electron chi connectivity index (χ2n) is 7.40. The monoisotopic (exact) mass is 348 g/mol. The predicted octanol–water partition coefficient (Wildman–Crippen LogP) is 5.96. The molecule has 0 fully saturated rings. The fraction of sp³-hybridized carbons (Fsp3) is 0.261. The summed E-state index contributed by atoms with van der Waals surface area (Å²) in [5.41, 5.74) is 6.63. The number of aryl methyl sites for hydroxylation is 3. The van der Waals surface area contributed by atoms with Gasteiger partial charge in [0.25, 0.3) is 0 Å². The Morgan fingerprint density at radius 1 is 0.962 bits per heavy atom. The van der Waals surface area contributed by atoms with Crippen molar-refractivity contribution in [1.29, 1.82) is 0 Å². The normalized spacial score (nSPS) is 11.8. The third-order valence-corrected chi connectivity index (χ3v) is 5.30. The lowest BCUT2D eigenvalue weighted by Gasteiger charge is -2.09. The van der Waals surface area contributed by atoms with Crippen LogP contribution in [0.15, 0.2) is 47.0 Å². The van der Waals surface area contributed by atoms with Gasteiger partial charge in [0.15, 0.2) is 6.20 Å². The summed E-state index contributed by atoms with van der Waals surface area (Å²) in [7, 11) is 2.05. The van der Waals surface area contributed by atoms with Gasteiger partial charge in [0, 0.05) is 28.5 Å². The maximum absolute atomic E-state index is 14.0. The van der Waals surface area contributed by atoms with Crippen molar-refractivity contribution < 1.29 is 13.4 Å². The van der Waals surface area contributed by atoms with Crippen molar-refractivity contribution in [2.24, 2.45) is 7.05 Å². The lowest BCUT2D eigenvalue weighted by atomic mass is 9.97. The van der Waals surface area contributed by atoms with Crippen LogP contribution in [-0.4, -0.2) is 0 Å². The Labute approximate surface area is 152 Å². The van der Waals surface area contributed by atoms with E-state index in [4.69, 9.17) is 4.42 Å². The van der Waals surface area contributed by atoms with E-state index < -0.39 is 0 Å². The second-order valence-corrected chi connectivity index (χ2v) is 7.40. The van der Waals surface area contributed by atoms with Crippen molar-refractivity contribution in [3.8, 4) is 11.3 Å². The highest BCUT2D eigenvalue weighted by atomic mass is 19.1. The minimum absolute atomic E-state index is 0.234. The Hall–Kier alpha value is -2.68. The first kappa shape index (κ1) is 16.8. The van der Waals surface area contributed by atoms with Crippen LogP contribution in [0.2, 0.25) is 0 Å². The molecule has 2 aromatic heterocycles. The van der Waals surface area contributed by atoms with Gasteiger partial charge in [-0.15, -0.1) is 0 Å². The third-order valence-electron chi connectivity index (χ3n) is 5.30. The molecule has 2 nitrogen and oxygen atoms in total. The van der Waals surface area contributed by atoms with Crippen molar-refractivity contribution in [3.63, 3.8) is 0 Å². The van der Waals surface area contributed by atoms with Gasteiger partial charge in [0.05, 0.1) is 5.56 Å². The number of halogens is 1. The first-order valence-electron chi connectivity index (χ1n) is 8.99. The van der Waals surface area contributed by atoms with E-state index in [1.165, 1.54) is 11.6 Å². The van der Waals surface area contributed by atoms with Crippen LogP contribution in [0.3, 0.4) is 0 Å². The molecule has 0 aliphatic rings. The molecule has 0 N–H and O–H groups in total. The topological polar surface area (TPSA) is 17.0 Å². The number of fused-ring (bicyclic) bond motifs is 3. The molecule has 0 amide bonds. The van der Waals surface area contributed by atoms with Crippen molar-refractivity contribution in [2.75, 3.05) is 0 Å².